The van der Waals surface area contributed by atoms with Gasteiger partial charge in [0.1, 0.15) is 0 Å². The molecule has 4 rings (SSSR count). The summed E-state index contributed by atoms with van der Waals surface area (Å²) in [5, 5.41) is 6.76. The zero-order valence-electron chi connectivity index (χ0n) is 16.8. The summed E-state index contributed by atoms with van der Waals surface area (Å²) in [6, 6.07) is 24.8. The fourth-order valence-electron chi connectivity index (χ4n) is 2.86. The molecule has 0 bridgehead atoms. The van der Waals surface area contributed by atoms with Gasteiger partial charge in [0, 0.05) is 21.7 Å². The maximum atomic E-state index is 12.9. The van der Waals surface area contributed by atoms with Crippen molar-refractivity contribution in [2.75, 3.05) is 5.32 Å². The van der Waals surface area contributed by atoms with Gasteiger partial charge in [0.2, 0.25) is 5.89 Å². The van der Waals surface area contributed by atoms with Gasteiger partial charge in [-0.25, -0.2) is 0 Å². The SMILES string of the molecule is Cc1noc(CSc2ccccc2C(=O)Nc2cccc(C#Cc3ccccc3)c2)n1. The van der Waals surface area contributed by atoms with Gasteiger partial charge in [-0.05, 0) is 49.4 Å². The maximum absolute atomic E-state index is 12.9. The lowest BCUT2D eigenvalue weighted by molar-refractivity contribution is 0.102. The van der Waals surface area contributed by atoms with Crippen molar-refractivity contribution in [1.29, 1.82) is 0 Å². The van der Waals surface area contributed by atoms with E-state index in [1.165, 1.54) is 11.8 Å². The van der Waals surface area contributed by atoms with Gasteiger partial charge in [-0.15, -0.1) is 11.8 Å². The number of rotatable bonds is 5. The van der Waals surface area contributed by atoms with Crippen LogP contribution in [-0.4, -0.2) is 16.0 Å². The van der Waals surface area contributed by atoms with E-state index >= 15 is 0 Å². The monoisotopic (exact) mass is 425 g/mol. The Hall–Kier alpha value is -3.82. The number of nitrogens with one attached hydrogen (secondary N) is 1. The molecular weight excluding hydrogens is 406 g/mol. The third-order valence-corrected chi connectivity index (χ3v) is 5.36. The van der Waals surface area contributed by atoms with Crippen LogP contribution in [0.3, 0.4) is 0 Å². The highest BCUT2D eigenvalue weighted by Crippen LogP contribution is 2.26. The molecule has 0 radical (unpaired) electrons. The minimum atomic E-state index is -0.182. The van der Waals surface area contributed by atoms with E-state index in [0.717, 1.165) is 16.0 Å². The average Bonchev–Trinajstić information content (AvgIpc) is 3.22. The second-order valence-corrected chi connectivity index (χ2v) is 7.69. The van der Waals surface area contributed by atoms with E-state index in [4.69, 9.17) is 4.52 Å². The van der Waals surface area contributed by atoms with E-state index in [0.29, 0.717) is 28.7 Å². The average molecular weight is 426 g/mol. The van der Waals surface area contributed by atoms with Gasteiger partial charge in [-0.1, -0.05) is 53.4 Å². The van der Waals surface area contributed by atoms with Gasteiger partial charge < -0.3 is 9.84 Å². The molecule has 0 saturated heterocycles. The van der Waals surface area contributed by atoms with Gasteiger partial charge in [0.15, 0.2) is 5.82 Å². The molecule has 1 N–H and O–H groups in total. The van der Waals surface area contributed by atoms with E-state index in [-0.39, 0.29) is 5.91 Å². The second kappa shape index (κ2) is 9.79. The van der Waals surface area contributed by atoms with Crippen LogP contribution in [0.15, 0.2) is 88.3 Å². The zero-order valence-corrected chi connectivity index (χ0v) is 17.6. The summed E-state index contributed by atoms with van der Waals surface area (Å²) < 4.78 is 5.15. The largest absolute Gasteiger partial charge is 0.338 e. The Morgan fingerprint density at radius 3 is 2.52 bits per heavy atom. The number of carbonyl (C=O) groups excluding carboxylic acids is 1. The normalized spacial score (nSPS) is 10.2. The van der Waals surface area contributed by atoms with Crippen molar-refractivity contribution in [3.8, 4) is 11.8 Å². The number of anilines is 1. The Balaban J connectivity index is 1.47. The molecule has 5 nitrogen and oxygen atoms in total. The van der Waals surface area contributed by atoms with Crippen molar-refractivity contribution >= 4 is 23.4 Å². The Morgan fingerprint density at radius 1 is 0.968 bits per heavy atom. The van der Waals surface area contributed by atoms with Crippen LogP contribution in [0.2, 0.25) is 0 Å². The molecule has 0 atom stereocenters. The van der Waals surface area contributed by atoms with Crippen LogP contribution < -0.4 is 5.32 Å². The van der Waals surface area contributed by atoms with Crippen molar-refractivity contribution in [3.63, 3.8) is 0 Å². The van der Waals surface area contributed by atoms with Crippen LogP contribution >= 0.6 is 11.8 Å². The lowest BCUT2D eigenvalue weighted by Gasteiger charge is -2.09. The summed E-state index contributed by atoms with van der Waals surface area (Å²) in [5.74, 6) is 7.71. The molecule has 0 unspecified atom stereocenters. The quantitative estimate of drug-likeness (QED) is 0.346. The molecule has 1 aromatic heterocycles. The molecule has 0 aliphatic rings. The van der Waals surface area contributed by atoms with Crippen molar-refractivity contribution < 1.29 is 9.32 Å². The number of carbonyl (C=O) groups is 1. The number of hydrogen-bond donors (Lipinski definition) is 1. The van der Waals surface area contributed by atoms with Crippen LogP contribution in [-0.2, 0) is 5.75 Å². The first kappa shape index (κ1) is 20.5. The number of aryl methyl sites for hydroxylation is 1. The number of hydrogen-bond acceptors (Lipinski definition) is 5. The topological polar surface area (TPSA) is 68.0 Å². The highest BCUT2D eigenvalue weighted by molar-refractivity contribution is 7.98. The van der Waals surface area contributed by atoms with Gasteiger partial charge in [-0.3, -0.25) is 4.79 Å². The standard InChI is InChI=1S/C25H19N3O2S/c1-18-26-24(30-28-18)17-31-23-13-6-5-12-22(23)25(29)27-21-11-7-10-20(16-21)15-14-19-8-3-2-4-9-19/h2-13,16H,17H2,1H3,(H,27,29). The van der Waals surface area contributed by atoms with Gasteiger partial charge in [0.25, 0.3) is 5.91 Å². The number of amides is 1. The summed E-state index contributed by atoms with van der Waals surface area (Å²) in [6.45, 7) is 1.78. The molecule has 0 aliphatic heterocycles. The molecule has 6 heteroatoms. The Kier molecular flexibility index (Phi) is 6.46. The highest BCUT2D eigenvalue weighted by Gasteiger charge is 2.13. The third-order valence-electron chi connectivity index (χ3n) is 4.30. The Morgan fingerprint density at radius 2 is 1.71 bits per heavy atom. The second-order valence-electron chi connectivity index (χ2n) is 6.67. The molecule has 0 saturated carbocycles. The Labute approximate surface area is 184 Å². The highest BCUT2D eigenvalue weighted by atomic mass is 32.2. The zero-order chi connectivity index (χ0) is 21.5. The van der Waals surface area contributed by atoms with E-state index in [1.54, 1.807) is 13.0 Å². The first-order chi connectivity index (χ1) is 15.2. The van der Waals surface area contributed by atoms with E-state index < -0.39 is 0 Å². The number of aromatic nitrogens is 2. The molecule has 31 heavy (non-hydrogen) atoms. The first-order valence-electron chi connectivity index (χ1n) is 9.67. The molecule has 0 aliphatic carbocycles. The fraction of sp³-hybridized carbons (Fsp3) is 0.0800. The maximum Gasteiger partial charge on any atom is 0.256 e. The van der Waals surface area contributed by atoms with Gasteiger partial charge in [-0.2, -0.15) is 4.98 Å². The minimum Gasteiger partial charge on any atom is -0.338 e. The van der Waals surface area contributed by atoms with Crippen LogP contribution in [0.4, 0.5) is 5.69 Å². The molecule has 0 fully saturated rings. The molecule has 152 valence electrons. The van der Waals surface area contributed by atoms with E-state index in [9.17, 15) is 4.79 Å². The van der Waals surface area contributed by atoms with Gasteiger partial charge in [0.05, 0.1) is 11.3 Å². The summed E-state index contributed by atoms with van der Waals surface area (Å²) in [4.78, 5) is 18.0. The predicted molar refractivity (Wildman–Crippen MR) is 122 cm³/mol. The van der Waals surface area contributed by atoms with Crippen molar-refractivity contribution in [1.82, 2.24) is 10.1 Å². The Bertz CT molecular complexity index is 1260. The first-order valence-corrected chi connectivity index (χ1v) is 10.7. The van der Waals surface area contributed by atoms with Crippen LogP contribution in [0.1, 0.15) is 33.2 Å². The number of benzene rings is 3. The summed E-state index contributed by atoms with van der Waals surface area (Å²) in [7, 11) is 0. The molecular formula is C25H19N3O2S. The molecule has 4 aromatic rings. The predicted octanol–water partition coefficient (Wildman–Crippen LogP) is 5.32. The van der Waals surface area contributed by atoms with E-state index in [1.807, 2.05) is 72.8 Å². The van der Waals surface area contributed by atoms with Crippen molar-refractivity contribution in [3.05, 3.63) is 107 Å². The lowest BCUT2D eigenvalue weighted by Crippen LogP contribution is -2.13. The van der Waals surface area contributed by atoms with E-state index in [2.05, 4.69) is 27.3 Å². The summed E-state index contributed by atoms with van der Waals surface area (Å²) in [5.41, 5.74) is 3.05. The number of nitrogens with zero attached hydrogens (tertiary/aromatic N) is 2. The van der Waals surface area contributed by atoms with Crippen LogP contribution in [0, 0.1) is 18.8 Å². The van der Waals surface area contributed by atoms with Crippen LogP contribution in [0.5, 0.6) is 0 Å². The lowest BCUT2D eigenvalue weighted by atomic mass is 10.1. The molecule has 0 spiro atoms. The molecule has 3 aromatic carbocycles. The van der Waals surface area contributed by atoms with Crippen molar-refractivity contribution in [2.45, 2.75) is 17.6 Å². The molecule has 1 heterocycles. The van der Waals surface area contributed by atoms with Gasteiger partial charge >= 0.3 is 0 Å². The third kappa shape index (κ3) is 5.62. The fourth-order valence-corrected chi connectivity index (χ4v) is 3.74. The smallest absolute Gasteiger partial charge is 0.256 e. The van der Waals surface area contributed by atoms with Crippen LogP contribution in [0.25, 0.3) is 0 Å². The minimum absolute atomic E-state index is 0.182. The number of thioether (sulfide) groups is 1. The molecule has 1 amide bonds. The van der Waals surface area contributed by atoms with Crippen molar-refractivity contribution in [2.24, 2.45) is 0 Å². The summed E-state index contributed by atoms with van der Waals surface area (Å²) >= 11 is 1.48. The summed E-state index contributed by atoms with van der Waals surface area (Å²) in [6.07, 6.45) is 0.